The number of ether oxygens (including phenoxy) is 1. The zero-order valence-corrected chi connectivity index (χ0v) is 21.2. The maximum Gasteiger partial charge on any atom is 0.280 e. The smallest absolute Gasteiger partial charge is 0.280 e. The van der Waals surface area contributed by atoms with Crippen LogP contribution >= 0.6 is 34.7 Å². The number of anilines is 1. The molecule has 178 valence electrons. The molecule has 3 aromatic rings. The summed E-state index contributed by atoms with van der Waals surface area (Å²) in [5.74, 6) is -0.129. The molecule has 0 radical (unpaired) electrons. The average Bonchev–Trinajstić information content (AvgIpc) is 3.47. The molecule has 1 saturated carbocycles. The van der Waals surface area contributed by atoms with Crippen molar-refractivity contribution in [3.05, 3.63) is 74.7 Å². The molecule has 1 heterocycles. The van der Waals surface area contributed by atoms with Crippen LogP contribution in [-0.4, -0.2) is 29.3 Å². The van der Waals surface area contributed by atoms with Crippen molar-refractivity contribution in [2.24, 2.45) is 0 Å². The topological polar surface area (TPSA) is 71.5 Å². The number of rotatable bonds is 7. The van der Waals surface area contributed by atoms with Gasteiger partial charge in [0.05, 0.1) is 7.11 Å². The zero-order valence-electron chi connectivity index (χ0n) is 18.9. The maximum atomic E-state index is 13.9. The van der Waals surface area contributed by atoms with Crippen LogP contribution in [0.15, 0.2) is 48.5 Å². The summed E-state index contributed by atoms with van der Waals surface area (Å²) in [7, 11) is 1.57. The monoisotopic (exact) mass is 517 g/mol. The first-order valence-electron chi connectivity index (χ1n) is 11.0. The van der Waals surface area contributed by atoms with Crippen LogP contribution in [0.4, 0.5) is 5.69 Å². The number of aromatic nitrogens is 1. The SMILES string of the molecule is COc1ccc(N(C(=O)c2nsc(Cl)c2Cl)[C@H](C(=O)NC2CCCC2)c2ccc(C)cc2)cc1. The van der Waals surface area contributed by atoms with Gasteiger partial charge < -0.3 is 10.1 Å². The Morgan fingerprint density at radius 1 is 1.09 bits per heavy atom. The number of hydrogen-bond donors (Lipinski definition) is 1. The van der Waals surface area contributed by atoms with Crippen LogP contribution in [0, 0.1) is 6.92 Å². The van der Waals surface area contributed by atoms with E-state index in [1.165, 1.54) is 4.90 Å². The van der Waals surface area contributed by atoms with Crippen molar-refractivity contribution in [2.45, 2.75) is 44.7 Å². The summed E-state index contributed by atoms with van der Waals surface area (Å²) in [4.78, 5) is 29.1. The van der Waals surface area contributed by atoms with E-state index in [1.54, 1.807) is 31.4 Å². The van der Waals surface area contributed by atoms with Gasteiger partial charge in [-0.2, -0.15) is 4.37 Å². The predicted octanol–water partition coefficient (Wildman–Crippen LogP) is 6.21. The fourth-order valence-electron chi connectivity index (χ4n) is 4.15. The van der Waals surface area contributed by atoms with Gasteiger partial charge in [-0.1, -0.05) is 65.9 Å². The van der Waals surface area contributed by atoms with E-state index in [1.807, 2.05) is 31.2 Å². The Morgan fingerprint density at radius 2 is 1.74 bits per heavy atom. The number of aryl methyl sites for hydroxylation is 1. The van der Waals surface area contributed by atoms with E-state index >= 15 is 0 Å². The molecule has 0 aliphatic heterocycles. The minimum atomic E-state index is -0.932. The molecule has 4 rings (SSSR count). The molecule has 0 bridgehead atoms. The van der Waals surface area contributed by atoms with Crippen LogP contribution in [0.5, 0.6) is 5.75 Å². The Morgan fingerprint density at radius 3 is 2.29 bits per heavy atom. The molecular formula is C25H25Cl2N3O3S. The van der Waals surface area contributed by atoms with Crippen LogP contribution in [-0.2, 0) is 4.79 Å². The number of amides is 2. The Bertz CT molecular complexity index is 1160. The van der Waals surface area contributed by atoms with Gasteiger partial charge in [0.1, 0.15) is 21.2 Å². The standard InChI is InChI=1S/C25H25Cl2N3O3S/c1-15-7-9-16(10-8-15)22(24(31)28-17-5-3-4-6-17)30(18-11-13-19(33-2)14-12-18)25(32)21-20(26)23(27)34-29-21/h7-14,17,22H,3-6H2,1-2H3,(H,28,31)/t22-/m0/s1. The molecule has 1 N–H and O–H groups in total. The first-order chi connectivity index (χ1) is 16.4. The zero-order chi connectivity index (χ0) is 24.2. The summed E-state index contributed by atoms with van der Waals surface area (Å²) >= 11 is 13.4. The largest absolute Gasteiger partial charge is 0.497 e. The van der Waals surface area contributed by atoms with Crippen LogP contribution in [0.25, 0.3) is 0 Å². The minimum absolute atomic E-state index is 0.0123. The first-order valence-corrected chi connectivity index (χ1v) is 12.6. The van der Waals surface area contributed by atoms with Gasteiger partial charge >= 0.3 is 0 Å². The second kappa shape index (κ2) is 10.8. The lowest BCUT2D eigenvalue weighted by Gasteiger charge is -2.32. The highest BCUT2D eigenvalue weighted by atomic mass is 35.5. The van der Waals surface area contributed by atoms with Gasteiger partial charge in [0.2, 0.25) is 5.91 Å². The third kappa shape index (κ3) is 5.22. The van der Waals surface area contributed by atoms with E-state index in [9.17, 15) is 9.59 Å². The van der Waals surface area contributed by atoms with Crippen molar-refractivity contribution < 1.29 is 14.3 Å². The molecule has 2 aromatic carbocycles. The summed E-state index contributed by atoms with van der Waals surface area (Å²) in [5.41, 5.74) is 2.26. The summed E-state index contributed by atoms with van der Waals surface area (Å²) in [5, 5.41) is 3.23. The maximum absolute atomic E-state index is 13.9. The van der Waals surface area contributed by atoms with Gasteiger partial charge in [-0.15, -0.1) is 0 Å². The molecule has 0 saturated heterocycles. The summed E-state index contributed by atoms with van der Waals surface area (Å²) in [6.45, 7) is 1.97. The van der Waals surface area contributed by atoms with Gasteiger partial charge in [-0.05, 0) is 61.1 Å². The number of benzene rings is 2. The molecule has 9 heteroatoms. The predicted molar refractivity (Wildman–Crippen MR) is 136 cm³/mol. The average molecular weight is 518 g/mol. The van der Waals surface area contributed by atoms with Gasteiger partial charge in [-0.3, -0.25) is 14.5 Å². The molecule has 34 heavy (non-hydrogen) atoms. The lowest BCUT2D eigenvalue weighted by molar-refractivity contribution is -0.123. The minimum Gasteiger partial charge on any atom is -0.497 e. The quantitative estimate of drug-likeness (QED) is 0.404. The second-order valence-corrected chi connectivity index (χ2v) is 10.0. The highest BCUT2D eigenvalue weighted by Crippen LogP contribution is 2.36. The number of carbonyl (C=O) groups is 2. The van der Waals surface area contributed by atoms with Crippen molar-refractivity contribution in [3.8, 4) is 5.75 Å². The van der Waals surface area contributed by atoms with E-state index in [-0.39, 0.29) is 27.0 Å². The molecule has 1 aromatic heterocycles. The first kappa shape index (κ1) is 24.5. The summed E-state index contributed by atoms with van der Waals surface area (Å²) in [6.07, 6.45) is 4.01. The summed E-state index contributed by atoms with van der Waals surface area (Å²) in [6, 6.07) is 13.7. The number of hydrogen-bond acceptors (Lipinski definition) is 5. The molecule has 1 aliphatic rings. The van der Waals surface area contributed by atoms with Crippen molar-refractivity contribution >= 4 is 52.2 Å². The lowest BCUT2D eigenvalue weighted by atomic mass is 10.0. The number of halogens is 2. The van der Waals surface area contributed by atoms with Crippen molar-refractivity contribution in [2.75, 3.05) is 12.0 Å². The Balaban J connectivity index is 1.83. The normalized spacial score (nSPS) is 14.6. The molecular weight excluding hydrogens is 493 g/mol. The highest BCUT2D eigenvalue weighted by Gasteiger charge is 2.36. The Labute approximate surface area is 213 Å². The fraction of sp³-hybridized carbons (Fsp3) is 0.320. The highest BCUT2D eigenvalue weighted by molar-refractivity contribution is 7.11. The van der Waals surface area contributed by atoms with Crippen LogP contribution < -0.4 is 15.0 Å². The van der Waals surface area contributed by atoms with E-state index < -0.39 is 11.9 Å². The molecule has 2 amide bonds. The lowest BCUT2D eigenvalue weighted by Crippen LogP contribution is -2.46. The van der Waals surface area contributed by atoms with Gasteiger partial charge in [0, 0.05) is 11.7 Å². The van der Waals surface area contributed by atoms with E-state index in [2.05, 4.69) is 9.69 Å². The van der Waals surface area contributed by atoms with Crippen LogP contribution in [0.2, 0.25) is 9.36 Å². The molecule has 1 aliphatic carbocycles. The summed E-state index contributed by atoms with van der Waals surface area (Å²) < 4.78 is 9.68. The Kier molecular flexibility index (Phi) is 7.76. The third-order valence-electron chi connectivity index (χ3n) is 5.97. The van der Waals surface area contributed by atoms with Gasteiger partial charge in [0.25, 0.3) is 5.91 Å². The van der Waals surface area contributed by atoms with Crippen molar-refractivity contribution in [3.63, 3.8) is 0 Å². The molecule has 0 unspecified atom stereocenters. The van der Waals surface area contributed by atoms with E-state index in [0.29, 0.717) is 17.0 Å². The van der Waals surface area contributed by atoms with Crippen molar-refractivity contribution in [1.29, 1.82) is 0 Å². The van der Waals surface area contributed by atoms with Gasteiger partial charge in [0.15, 0.2) is 5.69 Å². The molecule has 1 fully saturated rings. The number of nitrogens with zero attached hydrogens (tertiary/aromatic N) is 2. The van der Waals surface area contributed by atoms with E-state index in [0.717, 1.165) is 42.8 Å². The number of nitrogens with one attached hydrogen (secondary N) is 1. The van der Waals surface area contributed by atoms with Gasteiger partial charge in [-0.25, -0.2) is 0 Å². The second-order valence-electron chi connectivity index (χ2n) is 8.30. The number of methoxy groups -OCH3 is 1. The fourth-order valence-corrected chi connectivity index (χ4v) is 5.14. The Hall–Kier alpha value is -2.61. The molecule has 0 spiro atoms. The molecule has 6 nitrogen and oxygen atoms in total. The van der Waals surface area contributed by atoms with E-state index in [4.69, 9.17) is 27.9 Å². The number of carbonyl (C=O) groups excluding carboxylic acids is 2. The van der Waals surface area contributed by atoms with Crippen LogP contribution in [0.3, 0.4) is 0 Å². The third-order valence-corrected chi connectivity index (χ3v) is 7.58. The van der Waals surface area contributed by atoms with Crippen LogP contribution in [0.1, 0.15) is 53.3 Å². The van der Waals surface area contributed by atoms with Crippen molar-refractivity contribution in [1.82, 2.24) is 9.69 Å². The molecule has 1 atom stereocenters.